The predicted octanol–water partition coefficient (Wildman–Crippen LogP) is 2.43. The zero-order valence-electron chi connectivity index (χ0n) is 15.0. The molecule has 0 spiro atoms. The molecule has 0 saturated carbocycles. The normalized spacial score (nSPS) is 18.1. The van der Waals surface area contributed by atoms with E-state index in [0.717, 1.165) is 45.1 Å². The summed E-state index contributed by atoms with van der Waals surface area (Å²) in [6.07, 6.45) is 5.18. The third-order valence-electron chi connectivity index (χ3n) is 5.24. The lowest BCUT2D eigenvalue weighted by Crippen LogP contribution is -2.49. The topological polar surface area (TPSA) is 52.6 Å². The molecule has 26 heavy (non-hydrogen) atoms. The summed E-state index contributed by atoms with van der Waals surface area (Å²) in [5.41, 5.74) is 1.72. The summed E-state index contributed by atoms with van der Waals surface area (Å²) in [6, 6.07) is 12.2. The molecule has 136 valence electrons. The molecule has 4 rings (SSSR count). The number of carbonyl (C=O) groups is 1. The number of amides is 1. The van der Waals surface area contributed by atoms with Crippen LogP contribution in [0, 0.1) is 0 Å². The van der Waals surface area contributed by atoms with Crippen molar-refractivity contribution in [2.45, 2.75) is 19.3 Å². The van der Waals surface area contributed by atoms with Crippen LogP contribution >= 0.6 is 0 Å². The second-order valence-electron chi connectivity index (χ2n) is 6.92. The molecule has 6 nitrogen and oxygen atoms in total. The summed E-state index contributed by atoms with van der Waals surface area (Å²) >= 11 is 0. The third kappa shape index (κ3) is 3.64. The van der Waals surface area contributed by atoms with Crippen molar-refractivity contribution >= 4 is 17.4 Å². The van der Waals surface area contributed by atoms with Gasteiger partial charge in [0.05, 0.1) is 0 Å². The van der Waals surface area contributed by atoms with Crippen LogP contribution in [-0.4, -0.2) is 60.0 Å². The molecule has 2 aliphatic heterocycles. The Kier molecular flexibility index (Phi) is 5.00. The monoisotopic (exact) mass is 351 g/mol. The molecule has 6 heteroatoms. The number of anilines is 2. The van der Waals surface area contributed by atoms with Crippen molar-refractivity contribution < 1.29 is 4.79 Å². The highest BCUT2D eigenvalue weighted by molar-refractivity contribution is 5.93. The third-order valence-corrected chi connectivity index (χ3v) is 5.24. The fraction of sp³-hybridized carbons (Fsp3) is 0.450. The summed E-state index contributed by atoms with van der Waals surface area (Å²) in [7, 11) is 0. The molecule has 0 bridgehead atoms. The first-order valence-corrected chi connectivity index (χ1v) is 9.47. The molecule has 2 saturated heterocycles. The molecule has 1 aromatic carbocycles. The fourth-order valence-corrected chi connectivity index (χ4v) is 3.73. The Bertz CT molecular complexity index is 737. The second-order valence-corrected chi connectivity index (χ2v) is 6.92. The van der Waals surface area contributed by atoms with Crippen LogP contribution in [0.1, 0.15) is 29.8 Å². The lowest BCUT2D eigenvalue weighted by atomic mass is 10.1. The van der Waals surface area contributed by atoms with E-state index in [9.17, 15) is 4.79 Å². The summed E-state index contributed by atoms with van der Waals surface area (Å²) in [6.45, 7) is 5.16. The molecule has 1 amide bonds. The van der Waals surface area contributed by atoms with Gasteiger partial charge in [0.25, 0.3) is 5.91 Å². The summed E-state index contributed by atoms with van der Waals surface area (Å²) in [5, 5.41) is 0. The van der Waals surface area contributed by atoms with Crippen molar-refractivity contribution in [3.8, 4) is 0 Å². The minimum absolute atomic E-state index is 0.0124. The minimum Gasteiger partial charge on any atom is -0.368 e. The van der Waals surface area contributed by atoms with Gasteiger partial charge in [-0.15, -0.1) is 0 Å². The maximum atomic E-state index is 12.9. The average molecular weight is 351 g/mol. The van der Waals surface area contributed by atoms with Crippen molar-refractivity contribution in [1.29, 1.82) is 0 Å². The Labute approximate surface area is 154 Å². The van der Waals surface area contributed by atoms with E-state index in [0.29, 0.717) is 5.69 Å². The number of piperidine rings is 1. The van der Waals surface area contributed by atoms with Gasteiger partial charge in [-0.05, 0) is 31.4 Å². The molecule has 0 radical (unpaired) electrons. The molecule has 1 aromatic heterocycles. The molecule has 0 N–H and O–H groups in total. The highest BCUT2D eigenvalue weighted by Crippen LogP contribution is 2.19. The zero-order valence-corrected chi connectivity index (χ0v) is 15.0. The smallest absolute Gasteiger partial charge is 0.272 e. The minimum atomic E-state index is 0.0124. The lowest BCUT2D eigenvalue weighted by Gasteiger charge is -2.36. The van der Waals surface area contributed by atoms with Gasteiger partial charge in [-0.25, -0.2) is 9.97 Å². The first-order chi connectivity index (χ1) is 12.8. The number of hydrogen-bond acceptors (Lipinski definition) is 5. The Morgan fingerprint density at radius 1 is 0.808 bits per heavy atom. The molecular weight excluding hydrogens is 326 g/mol. The van der Waals surface area contributed by atoms with E-state index in [-0.39, 0.29) is 5.91 Å². The van der Waals surface area contributed by atoms with E-state index in [2.05, 4.69) is 44.0 Å². The molecular formula is C20H25N5O. The number of nitrogens with zero attached hydrogens (tertiary/aromatic N) is 5. The second kappa shape index (κ2) is 7.72. The number of aromatic nitrogens is 2. The van der Waals surface area contributed by atoms with Crippen LogP contribution in [0.3, 0.4) is 0 Å². The number of hydrogen-bond donors (Lipinski definition) is 0. The maximum absolute atomic E-state index is 12.9. The Morgan fingerprint density at radius 3 is 2.27 bits per heavy atom. The zero-order chi connectivity index (χ0) is 17.8. The molecule has 2 aliphatic rings. The van der Waals surface area contributed by atoms with Crippen molar-refractivity contribution in [3.63, 3.8) is 0 Å². The molecule has 3 heterocycles. The molecule has 2 fully saturated rings. The van der Waals surface area contributed by atoms with Gasteiger partial charge in [0.2, 0.25) is 0 Å². The lowest BCUT2D eigenvalue weighted by molar-refractivity contribution is 0.0740. The van der Waals surface area contributed by atoms with Crippen molar-refractivity contribution in [2.24, 2.45) is 0 Å². The average Bonchev–Trinajstić information content (AvgIpc) is 2.75. The number of piperazine rings is 1. The van der Waals surface area contributed by atoms with Gasteiger partial charge >= 0.3 is 0 Å². The SMILES string of the molecule is O=C(c1cc(N2CCCCC2)ncn1)N1CCN(c2ccccc2)CC1. The number of carbonyl (C=O) groups excluding carboxylic acids is 1. The summed E-state index contributed by atoms with van der Waals surface area (Å²) < 4.78 is 0. The molecule has 0 unspecified atom stereocenters. The first kappa shape index (κ1) is 16.8. The van der Waals surface area contributed by atoms with Crippen molar-refractivity contribution in [1.82, 2.24) is 14.9 Å². The Morgan fingerprint density at radius 2 is 1.54 bits per heavy atom. The number of rotatable bonds is 3. The Balaban J connectivity index is 1.40. The fourth-order valence-electron chi connectivity index (χ4n) is 3.73. The van der Waals surface area contributed by atoms with E-state index < -0.39 is 0 Å². The molecule has 0 aliphatic carbocycles. The van der Waals surface area contributed by atoms with Crippen LogP contribution in [0.5, 0.6) is 0 Å². The van der Waals surface area contributed by atoms with Gasteiger partial charge in [0.15, 0.2) is 0 Å². The Hall–Kier alpha value is -2.63. The van der Waals surface area contributed by atoms with E-state index >= 15 is 0 Å². The standard InChI is InChI=1S/C20H25N5O/c26-20(18-15-19(22-16-21-18)24-9-5-2-6-10-24)25-13-11-23(12-14-25)17-7-3-1-4-8-17/h1,3-4,7-8,15-16H,2,5-6,9-14H2. The van der Waals surface area contributed by atoms with Crippen molar-refractivity contribution in [3.05, 3.63) is 48.4 Å². The largest absolute Gasteiger partial charge is 0.368 e. The van der Waals surface area contributed by atoms with Crippen LogP contribution in [0.2, 0.25) is 0 Å². The van der Waals surface area contributed by atoms with Crippen LogP contribution in [0.25, 0.3) is 0 Å². The van der Waals surface area contributed by atoms with E-state index in [1.54, 1.807) is 0 Å². The van der Waals surface area contributed by atoms with Gasteiger partial charge in [0, 0.05) is 51.0 Å². The van der Waals surface area contributed by atoms with Gasteiger partial charge in [-0.2, -0.15) is 0 Å². The van der Waals surface area contributed by atoms with Crippen LogP contribution < -0.4 is 9.80 Å². The van der Waals surface area contributed by atoms with E-state index in [1.165, 1.54) is 31.3 Å². The first-order valence-electron chi connectivity index (χ1n) is 9.47. The van der Waals surface area contributed by atoms with Crippen LogP contribution in [-0.2, 0) is 0 Å². The van der Waals surface area contributed by atoms with Crippen LogP contribution in [0.4, 0.5) is 11.5 Å². The predicted molar refractivity (Wildman–Crippen MR) is 103 cm³/mol. The van der Waals surface area contributed by atoms with Crippen molar-refractivity contribution in [2.75, 3.05) is 49.1 Å². The van der Waals surface area contributed by atoms with Gasteiger partial charge in [0.1, 0.15) is 17.8 Å². The number of benzene rings is 1. The van der Waals surface area contributed by atoms with E-state index in [4.69, 9.17) is 0 Å². The van der Waals surface area contributed by atoms with E-state index in [1.807, 2.05) is 17.0 Å². The van der Waals surface area contributed by atoms with Gasteiger partial charge in [-0.3, -0.25) is 4.79 Å². The van der Waals surface area contributed by atoms with Gasteiger partial charge in [-0.1, -0.05) is 18.2 Å². The molecule has 0 atom stereocenters. The highest BCUT2D eigenvalue weighted by Gasteiger charge is 2.24. The summed E-state index contributed by atoms with van der Waals surface area (Å²) in [4.78, 5) is 28.0. The number of para-hydroxylation sites is 1. The molecule has 2 aromatic rings. The van der Waals surface area contributed by atoms with Gasteiger partial charge < -0.3 is 14.7 Å². The van der Waals surface area contributed by atoms with Crippen LogP contribution in [0.15, 0.2) is 42.7 Å². The summed E-state index contributed by atoms with van der Waals surface area (Å²) in [5.74, 6) is 0.893. The quantitative estimate of drug-likeness (QED) is 0.850. The highest BCUT2D eigenvalue weighted by atomic mass is 16.2. The maximum Gasteiger partial charge on any atom is 0.272 e.